The molecule has 0 saturated heterocycles. The van der Waals surface area contributed by atoms with Crippen molar-refractivity contribution in [3.63, 3.8) is 0 Å². The van der Waals surface area contributed by atoms with E-state index >= 15 is 0 Å². The van der Waals surface area contributed by atoms with Crippen molar-refractivity contribution in [3.8, 4) is 0 Å². The largest absolute Gasteiger partial charge is 0.466 e. The molecular weight excluding hydrogens is 280 g/mol. The number of rotatable bonds is 4. The molecule has 2 rings (SSSR count). The zero-order valence-electron chi connectivity index (χ0n) is 10.9. The zero-order valence-corrected chi connectivity index (χ0v) is 12.0. The third-order valence-electron chi connectivity index (χ3n) is 2.14. The Balaban J connectivity index is 0.000000454. The summed E-state index contributed by atoms with van der Waals surface area (Å²) in [7, 11) is 0. The Labute approximate surface area is 125 Å². The molecule has 0 aliphatic rings. The molecule has 0 bridgehead atoms. The molecule has 0 unspecified atom stereocenters. The molecule has 2 nitrogen and oxygen atoms in total. The van der Waals surface area contributed by atoms with Gasteiger partial charge >= 0.3 is 5.97 Å². The maximum atomic E-state index is 10.4. The second kappa shape index (κ2) is 11.5. The van der Waals surface area contributed by atoms with Gasteiger partial charge in [-0.3, -0.25) is 4.79 Å². The first kappa shape index (κ1) is 17.4. The molecule has 3 heteroatoms. The van der Waals surface area contributed by atoms with Crippen molar-refractivity contribution in [1.29, 1.82) is 0 Å². The van der Waals surface area contributed by atoms with Crippen LogP contribution in [0.2, 0.25) is 0 Å². The molecule has 2 aromatic carbocycles. The van der Waals surface area contributed by atoms with E-state index in [1.54, 1.807) is 0 Å². The molecule has 0 aliphatic heterocycles. The molecular formula is C16H18FeO2-2. The Morgan fingerprint density at radius 3 is 2.32 bits per heavy atom. The summed E-state index contributed by atoms with van der Waals surface area (Å²) in [6.45, 7) is 1.88. The molecule has 0 spiro atoms. The van der Waals surface area contributed by atoms with Gasteiger partial charge in [0.1, 0.15) is 0 Å². The van der Waals surface area contributed by atoms with Gasteiger partial charge in [-0.1, -0.05) is 0 Å². The first-order chi connectivity index (χ1) is 8.79. The van der Waals surface area contributed by atoms with Crippen LogP contribution in [-0.2, 0) is 26.6 Å². The summed E-state index contributed by atoms with van der Waals surface area (Å²) in [6.07, 6.45) is 4.78. The van der Waals surface area contributed by atoms with E-state index in [4.69, 9.17) is 4.74 Å². The fraction of sp³-hybridized carbons (Fsp3) is 0.188. The van der Waals surface area contributed by atoms with Gasteiger partial charge in [0.2, 0.25) is 0 Å². The molecule has 0 atom stereocenters. The Morgan fingerprint density at radius 1 is 1.21 bits per heavy atom. The first-order valence-electron chi connectivity index (χ1n) is 5.97. The van der Waals surface area contributed by atoms with Crippen molar-refractivity contribution in [1.82, 2.24) is 0 Å². The third kappa shape index (κ3) is 10.1. The summed E-state index contributed by atoms with van der Waals surface area (Å²) < 4.78 is 4.77. The molecule has 0 aliphatic carbocycles. The monoisotopic (exact) mass is 298 g/mol. The number of hydrogen-bond acceptors (Lipinski definition) is 2. The third-order valence-corrected chi connectivity index (χ3v) is 2.14. The summed E-state index contributed by atoms with van der Waals surface area (Å²) in [4.78, 5) is 10.4. The van der Waals surface area contributed by atoms with Gasteiger partial charge < -0.3 is 4.74 Å². The van der Waals surface area contributed by atoms with Crippen LogP contribution < -0.4 is 0 Å². The molecule has 0 aromatic heterocycles. The Bertz CT molecular complexity index is 410. The number of carbonyl (C=O) groups is 1. The van der Waals surface area contributed by atoms with Crippen molar-refractivity contribution >= 4 is 12.0 Å². The molecule has 0 heterocycles. The predicted octanol–water partition coefficient (Wildman–Crippen LogP) is 3.77. The van der Waals surface area contributed by atoms with Crippen LogP contribution in [0, 0.1) is 0 Å². The topological polar surface area (TPSA) is 26.3 Å². The number of esters is 1. The summed E-state index contributed by atoms with van der Waals surface area (Å²) in [6, 6.07) is 18.0. The first-order valence-corrected chi connectivity index (χ1v) is 5.97. The van der Waals surface area contributed by atoms with E-state index in [1.807, 2.05) is 66.7 Å². The van der Waals surface area contributed by atoms with Crippen LogP contribution in [0.1, 0.15) is 18.9 Å². The van der Waals surface area contributed by atoms with Gasteiger partial charge in [-0.25, -0.2) is 12.1 Å². The van der Waals surface area contributed by atoms with E-state index in [0.29, 0.717) is 6.61 Å². The summed E-state index contributed by atoms with van der Waals surface area (Å²) >= 11 is 0. The van der Waals surface area contributed by atoms with Crippen LogP contribution in [-0.4, -0.2) is 12.6 Å². The van der Waals surface area contributed by atoms with Crippen LogP contribution in [0.15, 0.2) is 60.7 Å². The smallest absolute Gasteiger partial charge is 0.302 e. The Kier molecular flexibility index (Phi) is 10.6. The van der Waals surface area contributed by atoms with Crippen molar-refractivity contribution in [2.75, 3.05) is 6.61 Å². The normalized spacial score (nSPS) is 9.32. The minimum atomic E-state index is -0.221. The fourth-order valence-electron chi connectivity index (χ4n) is 1.31. The number of carbonyl (C=O) groups excluding carboxylic acids is 1. The van der Waals surface area contributed by atoms with Gasteiger partial charge in [-0.05, 0) is 6.42 Å². The van der Waals surface area contributed by atoms with Crippen molar-refractivity contribution in [3.05, 3.63) is 66.2 Å². The SMILES string of the molecule is CC(=O)OCC/C=C/[c-]1cccc1.[Fe].c1cc[cH-]c1. The molecule has 2 aromatic rings. The molecule has 0 saturated carbocycles. The zero-order chi connectivity index (χ0) is 13.1. The average molecular weight is 298 g/mol. The van der Waals surface area contributed by atoms with Crippen LogP contribution in [0.3, 0.4) is 0 Å². The minimum absolute atomic E-state index is 0. The quantitative estimate of drug-likeness (QED) is 0.372. The molecule has 19 heavy (non-hydrogen) atoms. The van der Waals surface area contributed by atoms with Gasteiger partial charge in [0.15, 0.2) is 0 Å². The second-order valence-electron chi connectivity index (χ2n) is 3.71. The molecule has 0 fully saturated rings. The van der Waals surface area contributed by atoms with Crippen LogP contribution in [0.4, 0.5) is 0 Å². The minimum Gasteiger partial charge on any atom is -0.466 e. The van der Waals surface area contributed by atoms with Gasteiger partial charge in [0.25, 0.3) is 0 Å². The average Bonchev–Trinajstić information content (AvgIpc) is 3.04. The van der Waals surface area contributed by atoms with Crippen LogP contribution in [0.5, 0.6) is 0 Å². The Hall–Kier alpha value is -1.57. The second-order valence-corrected chi connectivity index (χ2v) is 3.71. The maximum Gasteiger partial charge on any atom is 0.302 e. The van der Waals surface area contributed by atoms with Gasteiger partial charge in [-0.2, -0.15) is 36.4 Å². The standard InChI is InChI=1S/C11H13O2.C5H5.Fe/c1-10(12)13-9-5-4-8-11-6-2-3-7-11;1-2-4-5-3-1;/h2-4,6-8H,5,9H2,1H3;1-5H;/q2*-1;/b8-4+;;. The summed E-state index contributed by atoms with van der Waals surface area (Å²) in [5.41, 5.74) is 1.18. The summed E-state index contributed by atoms with van der Waals surface area (Å²) in [5.74, 6) is -0.221. The van der Waals surface area contributed by atoms with E-state index in [9.17, 15) is 4.79 Å². The van der Waals surface area contributed by atoms with E-state index in [0.717, 1.165) is 6.42 Å². The van der Waals surface area contributed by atoms with Crippen LogP contribution in [0.25, 0.3) is 6.08 Å². The fourth-order valence-corrected chi connectivity index (χ4v) is 1.31. The maximum absolute atomic E-state index is 10.4. The number of ether oxygens (including phenoxy) is 1. The summed E-state index contributed by atoms with van der Waals surface area (Å²) in [5, 5.41) is 0. The van der Waals surface area contributed by atoms with Gasteiger partial charge in [0, 0.05) is 24.0 Å². The predicted molar refractivity (Wildman–Crippen MR) is 74.4 cm³/mol. The van der Waals surface area contributed by atoms with Crippen LogP contribution >= 0.6 is 0 Å². The van der Waals surface area contributed by atoms with Crippen molar-refractivity contribution in [2.24, 2.45) is 0 Å². The van der Waals surface area contributed by atoms with Gasteiger partial charge in [0.05, 0.1) is 6.61 Å². The van der Waals surface area contributed by atoms with Crippen molar-refractivity contribution < 1.29 is 26.6 Å². The van der Waals surface area contributed by atoms with E-state index in [1.165, 1.54) is 12.5 Å². The van der Waals surface area contributed by atoms with Crippen molar-refractivity contribution in [2.45, 2.75) is 13.3 Å². The molecule has 0 radical (unpaired) electrons. The molecule has 0 amide bonds. The number of hydrogen-bond donors (Lipinski definition) is 0. The van der Waals surface area contributed by atoms with E-state index < -0.39 is 0 Å². The molecule has 0 N–H and O–H groups in total. The van der Waals surface area contributed by atoms with E-state index in [-0.39, 0.29) is 23.0 Å². The van der Waals surface area contributed by atoms with Gasteiger partial charge in [-0.15, -0.1) is 23.8 Å². The Morgan fingerprint density at radius 2 is 1.84 bits per heavy atom. The van der Waals surface area contributed by atoms with E-state index in [2.05, 4.69) is 0 Å². The molecule has 104 valence electrons.